The van der Waals surface area contributed by atoms with Crippen LogP contribution in [0.5, 0.6) is 0 Å². The van der Waals surface area contributed by atoms with Crippen LogP contribution in [0.4, 0.5) is 4.79 Å². The van der Waals surface area contributed by atoms with Gasteiger partial charge in [-0.15, -0.1) is 0 Å². The number of aliphatic carboxylic acids is 1. The number of rotatable bonds is 9. The summed E-state index contributed by atoms with van der Waals surface area (Å²) < 4.78 is 22.1. The molecule has 7 nitrogen and oxygen atoms in total. The fourth-order valence-electron chi connectivity index (χ4n) is 1.84. The van der Waals surface area contributed by atoms with Crippen molar-refractivity contribution in [3.63, 3.8) is 0 Å². The van der Waals surface area contributed by atoms with Crippen LogP contribution in [0.25, 0.3) is 0 Å². The van der Waals surface area contributed by atoms with Crippen LogP contribution < -0.4 is 10.6 Å². The van der Waals surface area contributed by atoms with E-state index < -0.39 is 27.9 Å². The highest BCUT2D eigenvalue weighted by Crippen LogP contribution is 2.09. The van der Waals surface area contributed by atoms with Crippen LogP contribution >= 0.6 is 0 Å². The maximum Gasteiger partial charge on any atom is 0.326 e. The Morgan fingerprint density at radius 2 is 1.76 bits per heavy atom. The third-order valence-electron chi connectivity index (χ3n) is 3.21. The van der Waals surface area contributed by atoms with Crippen molar-refractivity contribution in [2.45, 2.75) is 52.1 Å². The highest BCUT2D eigenvalue weighted by Gasteiger charge is 2.22. The van der Waals surface area contributed by atoms with Crippen molar-refractivity contribution in [3.05, 3.63) is 0 Å². The molecule has 0 aliphatic rings. The fraction of sp³-hybridized carbons (Fsp3) is 0.846. The Kier molecular flexibility index (Phi) is 8.31. The molecule has 21 heavy (non-hydrogen) atoms. The third kappa shape index (κ3) is 10.1. The van der Waals surface area contributed by atoms with Crippen molar-refractivity contribution in [3.8, 4) is 0 Å². The van der Waals surface area contributed by atoms with E-state index in [9.17, 15) is 18.0 Å². The topological polar surface area (TPSA) is 113 Å². The molecule has 0 aliphatic carbocycles. The number of carbonyl (C=O) groups excluding carboxylic acids is 1. The van der Waals surface area contributed by atoms with Crippen molar-refractivity contribution in [1.29, 1.82) is 0 Å². The zero-order valence-corrected chi connectivity index (χ0v) is 13.9. The average molecular weight is 322 g/mol. The minimum Gasteiger partial charge on any atom is -0.480 e. The molecule has 0 bridgehead atoms. The lowest BCUT2D eigenvalue weighted by atomic mass is 10.0. The Morgan fingerprint density at radius 3 is 2.19 bits per heavy atom. The van der Waals surface area contributed by atoms with E-state index in [1.165, 1.54) is 0 Å². The Labute approximate surface area is 126 Å². The molecule has 0 fully saturated rings. The molecule has 2 amide bonds. The fourth-order valence-corrected chi connectivity index (χ4v) is 2.51. The minimum atomic E-state index is -3.27. The van der Waals surface area contributed by atoms with Gasteiger partial charge in [-0.2, -0.15) is 0 Å². The zero-order chi connectivity index (χ0) is 16.6. The SMILES string of the molecule is CCC(C)CC(C)NC(=O)NC(CCS(C)(=O)=O)C(=O)O. The Morgan fingerprint density at radius 1 is 1.19 bits per heavy atom. The van der Waals surface area contributed by atoms with Crippen LogP contribution in [-0.4, -0.2) is 49.6 Å². The van der Waals surface area contributed by atoms with E-state index in [4.69, 9.17) is 5.11 Å². The van der Waals surface area contributed by atoms with Crippen molar-refractivity contribution in [1.82, 2.24) is 10.6 Å². The Bertz CT molecular complexity index is 449. The number of amides is 2. The summed E-state index contributed by atoms with van der Waals surface area (Å²) in [7, 11) is -3.27. The maximum atomic E-state index is 11.7. The number of hydrogen-bond donors (Lipinski definition) is 3. The van der Waals surface area contributed by atoms with E-state index in [0.29, 0.717) is 5.92 Å². The summed E-state index contributed by atoms with van der Waals surface area (Å²) in [6, 6.07) is -1.88. The maximum absolute atomic E-state index is 11.7. The predicted molar refractivity (Wildman–Crippen MR) is 81.0 cm³/mol. The Hall–Kier alpha value is -1.31. The number of hydrogen-bond acceptors (Lipinski definition) is 4. The standard InChI is InChI=1S/C13H26N2O5S/c1-5-9(2)8-10(3)14-13(18)15-11(12(16)17)6-7-21(4,19)20/h9-11H,5-8H2,1-4H3,(H,16,17)(H2,14,15,18). The molecule has 3 unspecified atom stereocenters. The van der Waals surface area contributed by atoms with Crippen LogP contribution in [0.2, 0.25) is 0 Å². The lowest BCUT2D eigenvalue weighted by molar-refractivity contribution is -0.139. The van der Waals surface area contributed by atoms with Crippen molar-refractivity contribution in [2.24, 2.45) is 5.92 Å². The second-order valence-corrected chi connectivity index (χ2v) is 7.84. The first-order valence-corrected chi connectivity index (χ1v) is 9.08. The van der Waals surface area contributed by atoms with Gasteiger partial charge in [0.2, 0.25) is 0 Å². The molecule has 3 N–H and O–H groups in total. The van der Waals surface area contributed by atoms with Crippen LogP contribution in [0.15, 0.2) is 0 Å². The first-order chi connectivity index (χ1) is 9.55. The molecule has 0 radical (unpaired) electrons. The van der Waals surface area contributed by atoms with Gasteiger partial charge in [-0.3, -0.25) is 0 Å². The summed E-state index contributed by atoms with van der Waals surface area (Å²) in [6.07, 6.45) is 2.67. The Balaban J connectivity index is 4.38. The minimum absolute atomic E-state index is 0.0793. The van der Waals surface area contributed by atoms with Crippen molar-refractivity contribution in [2.75, 3.05) is 12.0 Å². The number of sulfone groups is 1. The molecule has 0 aromatic rings. The second-order valence-electron chi connectivity index (χ2n) is 5.58. The smallest absolute Gasteiger partial charge is 0.326 e. The van der Waals surface area contributed by atoms with Gasteiger partial charge in [0.15, 0.2) is 0 Å². The number of carboxylic acid groups (broad SMARTS) is 1. The van der Waals surface area contributed by atoms with E-state index in [0.717, 1.165) is 19.1 Å². The quantitative estimate of drug-likeness (QED) is 0.586. The highest BCUT2D eigenvalue weighted by molar-refractivity contribution is 7.90. The van der Waals surface area contributed by atoms with Gasteiger partial charge in [-0.1, -0.05) is 20.3 Å². The van der Waals surface area contributed by atoms with Gasteiger partial charge in [0.1, 0.15) is 15.9 Å². The molecule has 3 atom stereocenters. The van der Waals surface area contributed by atoms with Gasteiger partial charge < -0.3 is 15.7 Å². The molecule has 0 saturated heterocycles. The number of carbonyl (C=O) groups is 2. The molecule has 0 rings (SSSR count). The number of carboxylic acids is 1. The summed E-state index contributed by atoms with van der Waals surface area (Å²) in [5.74, 6) is -1.07. The summed E-state index contributed by atoms with van der Waals surface area (Å²) in [5, 5.41) is 14.0. The van der Waals surface area contributed by atoms with Crippen LogP contribution in [-0.2, 0) is 14.6 Å². The van der Waals surface area contributed by atoms with Crippen molar-refractivity contribution >= 4 is 21.8 Å². The third-order valence-corrected chi connectivity index (χ3v) is 4.19. The van der Waals surface area contributed by atoms with Gasteiger partial charge >= 0.3 is 12.0 Å². The second kappa shape index (κ2) is 8.86. The molecule has 0 spiro atoms. The molecule has 0 aromatic carbocycles. The van der Waals surface area contributed by atoms with Gasteiger partial charge in [-0.25, -0.2) is 18.0 Å². The monoisotopic (exact) mass is 322 g/mol. The average Bonchev–Trinajstić information content (AvgIpc) is 2.32. The zero-order valence-electron chi connectivity index (χ0n) is 13.0. The van der Waals surface area contributed by atoms with E-state index >= 15 is 0 Å². The first kappa shape index (κ1) is 19.7. The molecule has 124 valence electrons. The van der Waals surface area contributed by atoms with Gasteiger partial charge in [0, 0.05) is 12.3 Å². The number of nitrogens with one attached hydrogen (secondary N) is 2. The predicted octanol–water partition coefficient (Wildman–Crippen LogP) is 0.998. The normalized spacial score (nSPS) is 15.8. The van der Waals surface area contributed by atoms with Gasteiger partial charge in [0.25, 0.3) is 0 Å². The van der Waals surface area contributed by atoms with E-state index in [1.807, 2.05) is 6.92 Å². The summed E-state index contributed by atoms with van der Waals surface area (Å²) in [5.41, 5.74) is 0. The van der Waals surface area contributed by atoms with E-state index in [1.54, 1.807) is 0 Å². The highest BCUT2D eigenvalue weighted by atomic mass is 32.2. The molecule has 0 aliphatic heterocycles. The lowest BCUT2D eigenvalue weighted by Gasteiger charge is -2.20. The lowest BCUT2D eigenvalue weighted by Crippen LogP contribution is -2.49. The van der Waals surface area contributed by atoms with Gasteiger partial charge in [-0.05, 0) is 25.7 Å². The first-order valence-electron chi connectivity index (χ1n) is 7.02. The molecular weight excluding hydrogens is 296 g/mol. The van der Waals surface area contributed by atoms with Crippen molar-refractivity contribution < 1.29 is 23.1 Å². The van der Waals surface area contributed by atoms with Gasteiger partial charge in [0.05, 0.1) is 5.75 Å². The summed E-state index contributed by atoms with van der Waals surface area (Å²) in [4.78, 5) is 22.8. The number of urea groups is 1. The molecule has 0 saturated carbocycles. The van der Waals surface area contributed by atoms with Crippen LogP contribution in [0, 0.1) is 5.92 Å². The molecule has 0 aromatic heterocycles. The van der Waals surface area contributed by atoms with Crippen LogP contribution in [0.3, 0.4) is 0 Å². The summed E-state index contributed by atoms with van der Waals surface area (Å²) >= 11 is 0. The molecular formula is C13H26N2O5S. The van der Waals surface area contributed by atoms with Crippen LogP contribution in [0.1, 0.15) is 40.0 Å². The van der Waals surface area contributed by atoms with E-state index in [2.05, 4.69) is 24.5 Å². The largest absolute Gasteiger partial charge is 0.480 e. The van der Waals surface area contributed by atoms with E-state index in [-0.39, 0.29) is 18.2 Å². The molecule has 0 heterocycles. The summed E-state index contributed by atoms with van der Waals surface area (Å²) in [6.45, 7) is 5.98. The molecule has 8 heteroatoms.